The summed E-state index contributed by atoms with van der Waals surface area (Å²) >= 11 is 0. The van der Waals surface area contributed by atoms with E-state index in [2.05, 4.69) is 49.4 Å². The van der Waals surface area contributed by atoms with Crippen LogP contribution in [0.5, 0.6) is 0 Å². The van der Waals surface area contributed by atoms with Gasteiger partial charge in [0.15, 0.2) is 0 Å². The number of hydrogen-bond donors (Lipinski definition) is 0. The van der Waals surface area contributed by atoms with E-state index in [0.717, 1.165) is 18.8 Å². The van der Waals surface area contributed by atoms with E-state index in [-0.39, 0.29) is 11.8 Å². The molecular formula is C30H43F3. The summed E-state index contributed by atoms with van der Waals surface area (Å²) in [4.78, 5) is 0. The van der Waals surface area contributed by atoms with Crippen LogP contribution in [0.4, 0.5) is 13.2 Å². The Kier molecular flexibility index (Phi) is 10.1. The lowest BCUT2D eigenvalue weighted by Crippen LogP contribution is -2.33. The summed E-state index contributed by atoms with van der Waals surface area (Å²) in [5.41, 5.74) is 2.52. The van der Waals surface area contributed by atoms with Gasteiger partial charge in [0, 0.05) is 6.42 Å². The summed E-state index contributed by atoms with van der Waals surface area (Å²) in [7, 11) is 0. The maximum Gasteiger partial charge on any atom is 0.389 e. The van der Waals surface area contributed by atoms with Crippen LogP contribution in [-0.4, -0.2) is 6.18 Å². The Hall–Kier alpha value is -1.51. The molecule has 2 aliphatic rings. The topological polar surface area (TPSA) is 0 Å². The van der Waals surface area contributed by atoms with E-state index in [4.69, 9.17) is 0 Å². The molecule has 1 unspecified atom stereocenters. The quantitative estimate of drug-likeness (QED) is 0.272. The van der Waals surface area contributed by atoms with E-state index in [1.165, 1.54) is 75.3 Å². The van der Waals surface area contributed by atoms with Crippen molar-refractivity contribution in [2.75, 3.05) is 0 Å². The Labute approximate surface area is 199 Å². The normalized spacial score (nSPS) is 25.8. The number of allylic oxidation sites excluding steroid dienone is 4. The van der Waals surface area contributed by atoms with Gasteiger partial charge in [0.25, 0.3) is 0 Å². The van der Waals surface area contributed by atoms with Crippen molar-refractivity contribution < 1.29 is 13.2 Å². The van der Waals surface area contributed by atoms with Gasteiger partial charge in [0.2, 0.25) is 0 Å². The first-order valence-corrected chi connectivity index (χ1v) is 13.4. The molecular weight excluding hydrogens is 417 g/mol. The number of benzene rings is 1. The molecule has 0 nitrogen and oxygen atoms in total. The highest BCUT2D eigenvalue weighted by Crippen LogP contribution is 2.50. The third kappa shape index (κ3) is 8.34. The summed E-state index contributed by atoms with van der Waals surface area (Å²) in [6.07, 6.45) is 18.2. The van der Waals surface area contributed by atoms with Crippen LogP contribution in [-0.2, 0) is 0 Å². The zero-order valence-electron chi connectivity index (χ0n) is 20.5. The second-order valence-corrected chi connectivity index (χ2v) is 10.5. The standard InChI is InChI=1S/C30H43F3/c1-2-3-4-5-7-12-25-15-17-28(18-16-25)29(21-10-11-22-30(31,32)33)23-19-27(20-24-29)26-13-8-6-9-14-26/h6,8-9,13-14,19-20,23,25,28H,2-5,7,10-12,15-18,21-22,24H2,1H3. The zero-order chi connectivity index (χ0) is 23.6. The Morgan fingerprint density at radius 1 is 0.879 bits per heavy atom. The minimum absolute atomic E-state index is 0.0377. The molecule has 0 spiro atoms. The van der Waals surface area contributed by atoms with Gasteiger partial charge < -0.3 is 0 Å². The first kappa shape index (κ1) is 26.1. The Bertz CT molecular complexity index is 738. The summed E-state index contributed by atoms with van der Waals surface area (Å²) in [6.45, 7) is 2.26. The third-order valence-electron chi connectivity index (χ3n) is 8.13. The van der Waals surface area contributed by atoms with E-state index < -0.39 is 12.6 Å². The van der Waals surface area contributed by atoms with Crippen LogP contribution in [0.25, 0.3) is 5.57 Å². The lowest BCUT2D eigenvalue weighted by molar-refractivity contribution is -0.135. The molecule has 1 fully saturated rings. The molecule has 1 saturated carbocycles. The van der Waals surface area contributed by atoms with Crippen molar-refractivity contribution in [3.63, 3.8) is 0 Å². The highest BCUT2D eigenvalue weighted by atomic mass is 19.4. The molecule has 0 saturated heterocycles. The van der Waals surface area contributed by atoms with Gasteiger partial charge in [0.05, 0.1) is 0 Å². The Morgan fingerprint density at radius 3 is 2.24 bits per heavy atom. The van der Waals surface area contributed by atoms with Gasteiger partial charge in [-0.3, -0.25) is 0 Å². The van der Waals surface area contributed by atoms with Gasteiger partial charge >= 0.3 is 6.18 Å². The number of hydrogen-bond acceptors (Lipinski definition) is 0. The second-order valence-electron chi connectivity index (χ2n) is 10.5. The molecule has 1 aromatic carbocycles. The molecule has 0 aromatic heterocycles. The number of alkyl halides is 3. The van der Waals surface area contributed by atoms with Gasteiger partial charge in [-0.05, 0) is 60.5 Å². The summed E-state index contributed by atoms with van der Waals surface area (Å²) in [5.74, 6) is 1.46. The van der Waals surface area contributed by atoms with Crippen LogP contribution in [0, 0.1) is 17.3 Å². The van der Waals surface area contributed by atoms with E-state index in [1.54, 1.807) is 0 Å². The average molecular weight is 461 g/mol. The molecule has 184 valence electrons. The SMILES string of the molecule is CCCCCCCC1CCC(C2(CCCCC(F)(F)F)C=CC(c3ccccc3)=CC2)CC1. The fraction of sp³-hybridized carbons (Fsp3) is 0.667. The Balaban J connectivity index is 1.58. The van der Waals surface area contributed by atoms with Crippen LogP contribution in [0.15, 0.2) is 48.6 Å². The maximum atomic E-state index is 12.7. The van der Waals surface area contributed by atoms with E-state index in [9.17, 15) is 13.2 Å². The lowest BCUT2D eigenvalue weighted by Gasteiger charge is -2.44. The van der Waals surface area contributed by atoms with Crippen LogP contribution < -0.4 is 0 Å². The predicted octanol–water partition coefficient (Wildman–Crippen LogP) is 10.3. The Morgan fingerprint density at radius 2 is 1.61 bits per heavy atom. The van der Waals surface area contributed by atoms with Crippen LogP contribution in [0.3, 0.4) is 0 Å². The summed E-state index contributed by atoms with van der Waals surface area (Å²) in [5, 5.41) is 0. The van der Waals surface area contributed by atoms with Gasteiger partial charge in [0.1, 0.15) is 0 Å². The van der Waals surface area contributed by atoms with Crippen molar-refractivity contribution in [1.29, 1.82) is 0 Å². The summed E-state index contributed by atoms with van der Waals surface area (Å²) in [6, 6.07) is 10.4. The largest absolute Gasteiger partial charge is 0.389 e. The van der Waals surface area contributed by atoms with Crippen LogP contribution in [0.2, 0.25) is 0 Å². The smallest absolute Gasteiger partial charge is 0.171 e. The average Bonchev–Trinajstić information content (AvgIpc) is 2.82. The highest BCUT2D eigenvalue weighted by molar-refractivity contribution is 5.75. The highest BCUT2D eigenvalue weighted by Gasteiger charge is 2.39. The van der Waals surface area contributed by atoms with Crippen molar-refractivity contribution >= 4 is 5.57 Å². The molecule has 0 aliphatic heterocycles. The first-order valence-electron chi connectivity index (χ1n) is 13.4. The maximum absolute atomic E-state index is 12.7. The van der Waals surface area contributed by atoms with E-state index in [1.807, 2.05) is 6.07 Å². The van der Waals surface area contributed by atoms with Crippen LogP contribution in [0.1, 0.15) is 109 Å². The zero-order valence-corrected chi connectivity index (χ0v) is 20.5. The van der Waals surface area contributed by atoms with Gasteiger partial charge in [-0.2, -0.15) is 13.2 Å². The van der Waals surface area contributed by atoms with Crippen LogP contribution >= 0.6 is 0 Å². The van der Waals surface area contributed by atoms with E-state index >= 15 is 0 Å². The second kappa shape index (κ2) is 12.8. The van der Waals surface area contributed by atoms with E-state index in [0.29, 0.717) is 12.3 Å². The molecule has 0 N–H and O–H groups in total. The van der Waals surface area contributed by atoms with Gasteiger partial charge in [-0.1, -0.05) is 113 Å². The fourth-order valence-corrected chi connectivity index (χ4v) is 6.07. The molecule has 0 radical (unpaired) electrons. The van der Waals surface area contributed by atoms with Gasteiger partial charge in [-0.15, -0.1) is 0 Å². The lowest BCUT2D eigenvalue weighted by atomic mass is 9.61. The molecule has 3 heteroatoms. The molecule has 0 bridgehead atoms. The van der Waals surface area contributed by atoms with Crippen molar-refractivity contribution in [2.24, 2.45) is 17.3 Å². The molecule has 1 atom stereocenters. The summed E-state index contributed by atoms with van der Waals surface area (Å²) < 4.78 is 38.1. The molecule has 3 rings (SSSR count). The monoisotopic (exact) mass is 460 g/mol. The van der Waals surface area contributed by atoms with Crippen molar-refractivity contribution in [1.82, 2.24) is 0 Å². The van der Waals surface area contributed by atoms with Crippen molar-refractivity contribution in [3.05, 3.63) is 54.1 Å². The molecule has 1 aromatic rings. The third-order valence-corrected chi connectivity index (χ3v) is 8.13. The minimum Gasteiger partial charge on any atom is -0.171 e. The molecule has 0 heterocycles. The van der Waals surface area contributed by atoms with Crippen molar-refractivity contribution in [2.45, 2.75) is 109 Å². The minimum atomic E-state index is -4.04. The number of halogens is 3. The molecule has 0 amide bonds. The molecule has 2 aliphatic carbocycles. The first-order chi connectivity index (χ1) is 15.9. The molecule has 33 heavy (non-hydrogen) atoms. The number of rotatable bonds is 12. The number of unbranched alkanes of at least 4 members (excludes halogenated alkanes) is 5. The van der Waals surface area contributed by atoms with Crippen molar-refractivity contribution in [3.8, 4) is 0 Å². The van der Waals surface area contributed by atoms with Gasteiger partial charge in [-0.25, -0.2) is 0 Å². The fourth-order valence-electron chi connectivity index (χ4n) is 6.07. The predicted molar refractivity (Wildman–Crippen MR) is 134 cm³/mol.